The highest BCUT2D eigenvalue weighted by Gasteiger charge is 2.29. The van der Waals surface area contributed by atoms with E-state index in [0.717, 1.165) is 18.5 Å². The van der Waals surface area contributed by atoms with E-state index >= 15 is 0 Å². The van der Waals surface area contributed by atoms with Gasteiger partial charge in [-0.25, -0.2) is 0 Å². The van der Waals surface area contributed by atoms with Gasteiger partial charge >= 0.3 is 0 Å². The Labute approximate surface area is 121 Å². The van der Waals surface area contributed by atoms with Crippen LogP contribution < -0.4 is 0 Å². The average Bonchev–Trinajstić information content (AvgIpc) is 2.77. The third-order valence-corrected chi connectivity index (χ3v) is 4.69. The summed E-state index contributed by atoms with van der Waals surface area (Å²) in [6.45, 7) is 5.49. The van der Waals surface area contributed by atoms with Crippen molar-refractivity contribution in [2.24, 2.45) is 0 Å². The topological polar surface area (TPSA) is 23.5 Å². The molecule has 1 heterocycles. The van der Waals surface area contributed by atoms with Crippen molar-refractivity contribution in [1.29, 1.82) is 0 Å². The molecule has 0 bridgehead atoms. The molecule has 1 N–H and O–H groups in total. The molecule has 0 saturated carbocycles. The maximum Gasteiger partial charge on any atom is 0.0816 e. The third kappa shape index (κ3) is 3.50. The predicted octanol–water partition coefficient (Wildman–Crippen LogP) is 4.03. The van der Waals surface area contributed by atoms with Gasteiger partial charge in [0.25, 0.3) is 0 Å². The van der Waals surface area contributed by atoms with E-state index in [2.05, 4.69) is 18.7 Å². The fourth-order valence-corrected chi connectivity index (χ4v) is 3.40. The van der Waals surface area contributed by atoms with Crippen molar-refractivity contribution in [1.82, 2.24) is 4.90 Å². The van der Waals surface area contributed by atoms with Crippen LogP contribution in [0.5, 0.6) is 0 Å². The molecule has 3 heteroatoms. The Balaban J connectivity index is 1.93. The summed E-state index contributed by atoms with van der Waals surface area (Å²) < 4.78 is 0. The summed E-state index contributed by atoms with van der Waals surface area (Å²) in [5.74, 6) is 0. The summed E-state index contributed by atoms with van der Waals surface area (Å²) in [5, 5.41) is 11.0. The van der Waals surface area contributed by atoms with Crippen molar-refractivity contribution in [3.8, 4) is 0 Å². The van der Waals surface area contributed by atoms with Crippen molar-refractivity contribution in [2.75, 3.05) is 6.54 Å². The Bertz CT molecular complexity index is 409. The lowest BCUT2D eigenvalue weighted by atomic mass is 10.1. The van der Waals surface area contributed by atoms with Gasteiger partial charge in [0.1, 0.15) is 0 Å². The lowest BCUT2D eigenvalue weighted by Gasteiger charge is -2.28. The van der Waals surface area contributed by atoms with E-state index in [1.165, 1.54) is 19.3 Å². The minimum Gasteiger partial charge on any atom is -0.388 e. The normalized spacial score (nSPS) is 25.7. The molecule has 2 nitrogen and oxygen atoms in total. The summed E-state index contributed by atoms with van der Waals surface area (Å²) in [7, 11) is 0. The van der Waals surface area contributed by atoms with Crippen molar-refractivity contribution >= 4 is 11.6 Å². The van der Waals surface area contributed by atoms with Crippen LogP contribution in [0.15, 0.2) is 24.3 Å². The zero-order valence-corrected chi connectivity index (χ0v) is 12.6. The van der Waals surface area contributed by atoms with E-state index in [1.807, 2.05) is 24.3 Å². The van der Waals surface area contributed by atoms with Gasteiger partial charge in [0.15, 0.2) is 0 Å². The lowest BCUT2D eigenvalue weighted by Crippen LogP contribution is -2.35. The van der Waals surface area contributed by atoms with Crippen LogP contribution in [0, 0.1) is 0 Å². The Morgan fingerprint density at radius 1 is 1.37 bits per heavy atom. The largest absolute Gasteiger partial charge is 0.388 e. The van der Waals surface area contributed by atoms with E-state index < -0.39 is 6.10 Å². The molecule has 1 aromatic rings. The molecule has 2 rings (SSSR count). The first-order valence-corrected chi connectivity index (χ1v) is 7.69. The molecular weight excluding hydrogens is 258 g/mol. The number of aliphatic hydroxyl groups is 1. The number of aliphatic hydroxyl groups excluding tert-OH is 1. The van der Waals surface area contributed by atoms with E-state index in [0.29, 0.717) is 17.1 Å². The van der Waals surface area contributed by atoms with Gasteiger partial charge in [-0.3, -0.25) is 4.90 Å². The molecule has 1 aliphatic rings. The van der Waals surface area contributed by atoms with E-state index in [1.54, 1.807) is 0 Å². The maximum absolute atomic E-state index is 10.3. The van der Waals surface area contributed by atoms with Gasteiger partial charge < -0.3 is 5.11 Å². The molecule has 3 atom stereocenters. The average molecular weight is 282 g/mol. The molecule has 0 amide bonds. The quantitative estimate of drug-likeness (QED) is 0.881. The summed E-state index contributed by atoms with van der Waals surface area (Å²) in [4.78, 5) is 2.54. The molecule has 0 aromatic heterocycles. The number of benzene rings is 1. The zero-order valence-electron chi connectivity index (χ0n) is 11.8. The van der Waals surface area contributed by atoms with Crippen molar-refractivity contribution < 1.29 is 5.11 Å². The second-order valence-electron chi connectivity index (χ2n) is 5.55. The zero-order chi connectivity index (χ0) is 13.8. The monoisotopic (exact) mass is 281 g/mol. The third-order valence-electron chi connectivity index (χ3n) is 4.35. The molecule has 1 saturated heterocycles. The van der Waals surface area contributed by atoms with Gasteiger partial charge in [-0.2, -0.15) is 0 Å². The molecule has 1 aromatic carbocycles. The second-order valence-corrected chi connectivity index (χ2v) is 5.96. The van der Waals surface area contributed by atoms with E-state index in [-0.39, 0.29) is 0 Å². The summed E-state index contributed by atoms with van der Waals surface area (Å²) in [6, 6.07) is 8.91. The van der Waals surface area contributed by atoms with Gasteiger partial charge in [-0.05, 0) is 44.2 Å². The van der Waals surface area contributed by atoms with Crippen molar-refractivity contribution in [2.45, 2.75) is 57.7 Å². The Hall–Kier alpha value is -0.570. The summed E-state index contributed by atoms with van der Waals surface area (Å²) in [5.41, 5.74) is 0.851. The van der Waals surface area contributed by atoms with E-state index in [4.69, 9.17) is 11.6 Å². The van der Waals surface area contributed by atoms with Gasteiger partial charge in [0.2, 0.25) is 0 Å². The van der Waals surface area contributed by atoms with E-state index in [9.17, 15) is 5.11 Å². The van der Waals surface area contributed by atoms with Crippen LogP contribution in [0.2, 0.25) is 5.02 Å². The van der Waals surface area contributed by atoms with Crippen LogP contribution in [0.3, 0.4) is 0 Å². The van der Waals surface area contributed by atoms with Crippen LogP contribution in [-0.2, 0) is 0 Å². The highest BCUT2D eigenvalue weighted by atomic mass is 35.5. The van der Waals surface area contributed by atoms with Crippen LogP contribution >= 0.6 is 11.6 Å². The molecule has 19 heavy (non-hydrogen) atoms. The predicted molar refractivity (Wildman–Crippen MR) is 80.5 cm³/mol. The highest BCUT2D eigenvalue weighted by Crippen LogP contribution is 2.29. The molecule has 0 spiro atoms. The first-order valence-electron chi connectivity index (χ1n) is 7.31. The molecule has 0 radical (unpaired) electrons. The second kappa shape index (κ2) is 6.74. The molecular formula is C16H24ClNO. The number of hydrogen-bond acceptors (Lipinski definition) is 2. The highest BCUT2D eigenvalue weighted by molar-refractivity contribution is 6.31. The van der Waals surface area contributed by atoms with Crippen molar-refractivity contribution in [3.63, 3.8) is 0 Å². The minimum atomic E-state index is -0.459. The minimum absolute atomic E-state index is 0.459. The molecule has 0 aliphatic carbocycles. The molecule has 106 valence electrons. The Kier molecular flexibility index (Phi) is 5.26. The SMILES string of the molecule is CCC1CCC(C)N1CCC(O)c1ccccc1Cl. The summed E-state index contributed by atoms with van der Waals surface area (Å²) >= 11 is 6.13. The smallest absolute Gasteiger partial charge is 0.0816 e. The summed E-state index contributed by atoms with van der Waals surface area (Å²) in [6.07, 6.45) is 4.07. The first-order chi connectivity index (χ1) is 9.13. The van der Waals surface area contributed by atoms with Gasteiger partial charge in [-0.1, -0.05) is 36.7 Å². The first kappa shape index (κ1) is 14.8. The molecule has 1 aliphatic heterocycles. The van der Waals surface area contributed by atoms with Gasteiger partial charge in [0.05, 0.1) is 6.10 Å². The van der Waals surface area contributed by atoms with Gasteiger partial charge in [0, 0.05) is 23.7 Å². The fourth-order valence-electron chi connectivity index (χ4n) is 3.14. The van der Waals surface area contributed by atoms with Crippen LogP contribution in [0.25, 0.3) is 0 Å². The fraction of sp³-hybridized carbons (Fsp3) is 0.625. The molecule has 3 unspecified atom stereocenters. The Morgan fingerprint density at radius 3 is 2.79 bits per heavy atom. The maximum atomic E-state index is 10.3. The van der Waals surface area contributed by atoms with Crippen molar-refractivity contribution in [3.05, 3.63) is 34.9 Å². The number of hydrogen-bond donors (Lipinski definition) is 1. The van der Waals surface area contributed by atoms with Crippen LogP contribution in [0.4, 0.5) is 0 Å². The number of nitrogens with zero attached hydrogens (tertiary/aromatic N) is 1. The Morgan fingerprint density at radius 2 is 2.11 bits per heavy atom. The standard InChI is InChI=1S/C16H24ClNO/c1-3-13-9-8-12(2)18(13)11-10-16(19)14-6-4-5-7-15(14)17/h4-7,12-13,16,19H,3,8-11H2,1-2H3. The number of likely N-dealkylation sites (tertiary alicyclic amines) is 1. The molecule has 1 fully saturated rings. The lowest BCUT2D eigenvalue weighted by molar-refractivity contribution is 0.123. The van der Waals surface area contributed by atoms with Gasteiger partial charge in [-0.15, -0.1) is 0 Å². The van der Waals surface area contributed by atoms with Crippen LogP contribution in [-0.4, -0.2) is 28.6 Å². The number of rotatable bonds is 5. The number of halogens is 1. The van der Waals surface area contributed by atoms with Crippen LogP contribution in [0.1, 0.15) is 51.2 Å².